The van der Waals surface area contributed by atoms with Gasteiger partial charge in [-0.1, -0.05) is 30.3 Å². The summed E-state index contributed by atoms with van der Waals surface area (Å²) in [6.45, 7) is 2.02. The number of rotatable bonds is 5. The fourth-order valence-corrected chi connectivity index (χ4v) is 3.66. The average Bonchev–Trinajstić information content (AvgIpc) is 3.29. The first-order chi connectivity index (χ1) is 12.2. The Hall–Kier alpha value is -2.49. The summed E-state index contributed by atoms with van der Waals surface area (Å²) in [7, 11) is 1.88. The zero-order valence-corrected chi connectivity index (χ0v) is 14.6. The maximum Gasteiger partial charge on any atom is 0.222 e. The Kier molecular flexibility index (Phi) is 4.35. The van der Waals surface area contributed by atoms with E-state index in [2.05, 4.69) is 18.2 Å². The molecule has 0 N–H and O–H groups in total. The molecule has 25 heavy (non-hydrogen) atoms. The van der Waals surface area contributed by atoms with Crippen LogP contribution >= 0.6 is 0 Å². The first kappa shape index (κ1) is 16.0. The number of aryl methyl sites for hydroxylation is 1. The molecule has 0 aromatic heterocycles. The maximum absolute atomic E-state index is 12.6. The highest BCUT2D eigenvalue weighted by Crippen LogP contribution is 2.41. The van der Waals surface area contributed by atoms with Crippen molar-refractivity contribution >= 4 is 5.91 Å². The molecule has 4 rings (SSSR count). The molecule has 2 aliphatic heterocycles. The SMILES string of the molecule is CN(Cc1c2c(cc3c1OCC3)OCC2)C(=O)CCc1ccccc1. The molecule has 0 radical (unpaired) electrons. The van der Waals surface area contributed by atoms with Gasteiger partial charge in [-0.2, -0.15) is 0 Å². The minimum absolute atomic E-state index is 0.159. The molecule has 0 spiro atoms. The van der Waals surface area contributed by atoms with Gasteiger partial charge < -0.3 is 14.4 Å². The van der Waals surface area contributed by atoms with Crippen molar-refractivity contribution in [1.29, 1.82) is 0 Å². The van der Waals surface area contributed by atoms with Gasteiger partial charge in [-0.25, -0.2) is 0 Å². The minimum atomic E-state index is 0.159. The molecule has 1 amide bonds. The first-order valence-corrected chi connectivity index (χ1v) is 8.93. The number of benzene rings is 2. The molecule has 0 aliphatic carbocycles. The van der Waals surface area contributed by atoms with Crippen molar-refractivity contribution in [3.63, 3.8) is 0 Å². The second-order valence-electron chi connectivity index (χ2n) is 6.75. The van der Waals surface area contributed by atoms with Gasteiger partial charge in [0.2, 0.25) is 5.91 Å². The summed E-state index contributed by atoms with van der Waals surface area (Å²) in [5.41, 5.74) is 4.75. The highest BCUT2D eigenvalue weighted by Gasteiger charge is 2.27. The molecule has 2 aromatic carbocycles. The lowest BCUT2D eigenvalue weighted by Gasteiger charge is -2.21. The number of carbonyl (C=O) groups excluding carboxylic acids is 1. The van der Waals surface area contributed by atoms with E-state index in [9.17, 15) is 4.79 Å². The monoisotopic (exact) mass is 337 g/mol. The fraction of sp³-hybridized carbons (Fsp3) is 0.381. The van der Waals surface area contributed by atoms with E-state index >= 15 is 0 Å². The number of hydrogen-bond donors (Lipinski definition) is 0. The Morgan fingerprint density at radius 1 is 1.12 bits per heavy atom. The van der Waals surface area contributed by atoms with Crippen LogP contribution in [0.4, 0.5) is 0 Å². The lowest BCUT2D eigenvalue weighted by atomic mass is 9.99. The maximum atomic E-state index is 12.6. The molecule has 0 unspecified atom stereocenters. The van der Waals surface area contributed by atoms with E-state index in [4.69, 9.17) is 9.47 Å². The second-order valence-corrected chi connectivity index (χ2v) is 6.75. The highest BCUT2D eigenvalue weighted by atomic mass is 16.5. The molecule has 0 fully saturated rings. The third-order valence-electron chi connectivity index (χ3n) is 5.05. The Balaban J connectivity index is 1.48. The molecule has 2 aromatic rings. The van der Waals surface area contributed by atoms with Crippen molar-refractivity contribution in [2.45, 2.75) is 32.2 Å². The van der Waals surface area contributed by atoms with E-state index in [1.54, 1.807) is 0 Å². The molecule has 4 nitrogen and oxygen atoms in total. The average molecular weight is 337 g/mol. The van der Waals surface area contributed by atoms with E-state index in [0.29, 0.717) is 13.0 Å². The van der Waals surface area contributed by atoms with Gasteiger partial charge in [0.25, 0.3) is 0 Å². The third-order valence-corrected chi connectivity index (χ3v) is 5.05. The van der Waals surface area contributed by atoms with Crippen LogP contribution in [0.5, 0.6) is 11.5 Å². The number of nitrogens with zero attached hydrogens (tertiary/aromatic N) is 1. The van der Waals surface area contributed by atoms with Gasteiger partial charge in [0, 0.05) is 49.5 Å². The molecular formula is C21H23NO3. The lowest BCUT2D eigenvalue weighted by molar-refractivity contribution is -0.130. The summed E-state index contributed by atoms with van der Waals surface area (Å²) in [4.78, 5) is 14.4. The van der Waals surface area contributed by atoms with Crippen molar-refractivity contribution in [3.8, 4) is 11.5 Å². The smallest absolute Gasteiger partial charge is 0.222 e. The second kappa shape index (κ2) is 6.79. The van der Waals surface area contributed by atoms with Crippen LogP contribution in [0.25, 0.3) is 0 Å². The van der Waals surface area contributed by atoms with Gasteiger partial charge in [-0.3, -0.25) is 4.79 Å². The van der Waals surface area contributed by atoms with Gasteiger partial charge in [0.05, 0.1) is 13.2 Å². The van der Waals surface area contributed by atoms with Crippen LogP contribution in [-0.4, -0.2) is 31.1 Å². The zero-order valence-electron chi connectivity index (χ0n) is 14.6. The van der Waals surface area contributed by atoms with Gasteiger partial charge in [-0.05, 0) is 18.1 Å². The van der Waals surface area contributed by atoms with Crippen LogP contribution in [0.3, 0.4) is 0 Å². The number of fused-ring (bicyclic) bond motifs is 2. The van der Waals surface area contributed by atoms with Crippen molar-refractivity contribution < 1.29 is 14.3 Å². The summed E-state index contributed by atoms with van der Waals surface area (Å²) in [6.07, 6.45) is 3.11. The van der Waals surface area contributed by atoms with Crippen LogP contribution in [0, 0.1) is 0 Å². The normalized spacial score (nSPS) is 14.4. The van der Waals surface area contributed by atoms with E-state index in [-0.39, 0.29) is 5.91 Å². The van der Waals surface area contributed by atoms with Gasteiger partial charge in [0.1, 0.15) is 11.5 Å². The topological polar surface area (TPSA) is 38.8 Å². The molecule has 130 valence electrons. The van der Waals surface area contributed by atoms with E-state index in [0.717, 1.165) is 49.5 Å². The van der Waals surface area contributed by atoms with Crippen molar-refractivity contribution in [3.05, 3.63) is 58.7 Å². The number of hydrogen-bond acceptors (Lipinski definition) is 3. The summed E-state index contributed by atoms with van der Waals surface area (Å²) in [6, 6.07) is 12.3. The molecule has 0 saturated carbocycles. The number of carbonyl (C=O) groups is 1. The molecule has 0 atom stereocenters. The summed E-state index contributed by atoms with van der Waals surface area (Å²) in [5.74, 6) is 2.11. The molecule has 4 heteroatoms. The van der Waals surface area contributed by atoms with E-state index in [1.165, 1.54) is 16.7 Å². The first-order valence-electron chi connectivity index (χ1n) is 8.93. The summed E-state index contributed by atoms with van der Waals surface area (Å²) < 4.78 is 11.6. The van der Waals surface area contributed by atoms with Crippen LogP contribution in [0.1, 0.15) is 28.7 Å². The summed E-state index contributed by atoms with van der Waals surface area (Å²) >= 11 is 0. The van der Waals surface area contributed by atoms with Crippen molar-refractivity contribution in [1.82, 2.24) is 4.90 Å². The van der Waals surface area contributed by atoms with Crippen LogP contribution in [-0.2, 0) is 30.6 Å². The van der Waals surface area contributed by atoms with Crippen molar-refractivity contribution in [2.75, 3.05) is 20.3 Å². The van der Waals surface area contributed by atoms with Gasteiger partial charge in [-0.15, -0.1) is 0 Å². The van der Waals surface area contributed by atoms with E-state index in [1.807, 2.05) is 30.1 Å². The molecule has 0 bridgehead atoms. The summed E-state index contributed by atoms with van der Waals surface area (Å²) in [5, 5.41) is 0. The predicted octanol–water partition coefficient (Wildman–Crippen LogP) is 3.15. The third kappa shape index (κ3) is 3.21. The Morgan fingerprint density at radius 2 is 1.92 bits per heavy atom. The fourth-order valence-electron chi connectivity index (χ4n) is 3.66. The molecule has 2 heterocycles. The molecule has 2 aliphatic rings. The van der Waals surface area contributed by atoms with Gasteiger partial charge in [0.15, 0.2) is 0 Å². The molecular weight excluding hydrogens is 314 g/mol. The number of ether oxygens (including phenoxy) is 2. The predicted molar refractivity (Wildman–Crippen MR) is 96.1 cm³/mol. The Bertz CT molecular complexity index is 753. The highest BCUT2D eigenvalue weighted by molar-refractivity contribution is 5.76. The Labute approximate surface area is 148 Å². The minimum Gasteiger partial charge on any atom is -0.493 e. The van der Waals surface area contributed by atoms with Crippen LogP contribution in [0.2, 0.25) is 0 Å². The standard InChI is InChI=1S/C21H23NO3/c1-22(20(23)8-7-15-5-3-2-4-6-15)14-18-17-10-12-24-19(17)13-16-9-11-25-21(16)18/h2-6,13H,7-12,14H2,1H3. The quantitative estimate of drug-likeness (QED) is 0.841. The van der Waals surface area contributed by atoms with Crippen LogP contribution < -0.4 is 9.47 Å². The Morgan fingerprint density at radius 3 is 2.76 bits per heavy atom. The zero-order chi connectivity index (χ0) is 17.2. The molecule has 0 saturated heterocycles. The lowest BCUT2D eigenvalue weighted by Crippen LogP contribution is -2.27. The largest absolute Gasteiger partial charge is 0.493 e. The van der Waals surface area contributed by atoms with E-state index < -0.39 is 0 Å². The van der Waals surface area contributed by atoms with Crippen molar-refractivity contribution in [2.24, 2.45) is 0 Å². The van der Waals surface area contributed by atoms with Gasteiger partial charge >= 0.3 is 0 Å². The van der Waals surface area contributed by atoms with Crippen LogP contribution in [0.15, 0.2) is 36.4 Å². The number of amides is 1.